The first kappa shape index (κ1) is 28.3. The predicted molar refractivity (Wildman–Crippen MR) is 177 cm³/mol. The Morgan fingerprint density at radius 3 is 2.76 bits per heavy atom. The van der Waals surface area contributed by atoms with Crippen molar-refractivity contribution >= 4 is 50.1 Å². The minimum atomic E-state index is -0.870. The Bertz CT molecular complexity index is 1830. The molecule has 5 aliphatic rings. The van der Waals surface area contributed by atoms with Gasteiger partial charge in [0.15, 0.2) is 5.82 Å². The lowest BCUT2D eigenvalue weighted by atomic mass is 9.89. The first-order valence-corrected chi connectivity index (χ1v) is 17.3. The van der Waals surface area contributed by atoms with Gasteiger partial charge in [-0.2, -0.15) is 9.97 Å². The van der Waals surface area contributed by atoms with Crippen LogP contribution in [-0.4, -0.2) is 81.0 Å². The van der Waals surface area contributed by atoms with Crippen molar-refractivity contribution in [1.29, 1.82) is 0 Å². The molecule has 8 nitrogen and oxygen atoms in total. The van der Waals surface area contributed by atoms with Gasteiger partial charge in [0.05, 0.1) is 10.9 Å². The van der Waals surface area contributed by atoms with Gasteiger partial charge in [0.2, 0.25) is 0 Å². The summed E-state index contributed by atoms with van der Waals surface area (Å²) in [6, 6.07) is 10.2. The van der Waals surface area contributed by atoms with E-state index in [1.54, 1.807) is 18.3 Å². The van der Waals surface area contributed by atoms with E-state index in [-0.39, 0.29) is 35.1 Å². The Kier molecular flexibility index (Phi) is 6.65. The Morgan fingerprint density at radius 2 is 1.91 bits per heavy atom. The number of alkyl halides is 1. The molecule has 2 N–H and O–H groups in total. The van der Waals surface area contributed by atoms with E-state index in [4.69, 9.17) is 14.7 Å². The number of ether oxygens (including phenoxy) is 1. The predicted octanol–water partition coefficient (Wildman–Crippen LogP) is 5.97. The number of rotatable bonds is 5. The lowest BCUT2D eigenvalue weighted by Crippen LogP contribution is -2.51. The molecule has 1 aliphatic carbocycles. The number of hydrogen-bond acceptors (Lipinski definition) is 8. The van der Waals surface area contributed by atoms with E-state index >= 15 is 4.39 Å². The summed E-state index contributed by atoms with van der Waals surface area (Å²) in [5.41, 5.74) is 0.388. The number of aromatic nitrogens is 3. The Balaban J connectivity index is 1.15. The van der Waals surface area contributed by atoms with E-state index < -0.39 is 12.0 Å². The van der Waals surface area contributed by atoms with Crippen molar-refractivity contribution in [3.05, 3.63) is 45.9 Å². The van der Waals surface area contributed by atoms with Gasteiger partial charge in [-0.3, -0.25) is 9.88 Å². The van der Waals surface area contributed by atoms with Crippen LogP contribution in [-0.2, 0) is 0 Å². The second-order valence-electron chi connectivity index (χ2n) is 13.8. The maximum Gasteiger partial charge on any atom is 0.319 e. The van der Waals surface area contributed by atoms with Gasteiger partial charge in [0.1, 0.15) is 35.6 Å². The number of nitrogens with zero attached hydrogens (tertiary/aromatic N) is 5. The third kappa shape index (κ3) is 4.58. The highest BCUT2D eigenvalue weighted by molar-refractivity contribution is 14.1. The summed E-state index contributed by atoms with van der Waals surface area (Å²) in [6.45, 7) is 2.25. The maximum atomic E-state index is 16.8. The topological polar surface area (TPSA) is 86.6 Å². The number of anilines is 1. The largest absolute Gasteiger partial charge is 0.508 e. The molecule has 2 aromatic carbocycles. The van der Waals surface area contributed by atoms with Crippen LogP contribution in [0.4, 0.5) is 14.6 Å². The molecule has 6 atom stereocenters. The average Bonchev–Trinajstić information content (AvgIpc) is 3.76. The molecule has 0 radical (unpaired) electrons. The molecule has 45 heavy (non-hydrogen) atoms. The van der Waals surface area contributed by atoms with Crippen molar-refractivity contribution in [3.8, 4) is 23.0 Å². The zero-order valence-electron chi connectivity index (χ0n) is 24.9. The lowest BCUT2D eigenvalue weighted by molar-refractivity contribution is 0.0832. The van der Waals surface area contributed by atoms with Gasteiger partial charge in [-0.25, -0.2) is 8.78 Å². The molecular weight excluding hydrogens is 689 g/mol. The number of piperazine rings is 1. The SMILES string of the molecule is Oc1cc(-c2ncc3c(N4CC5CCC(C4)N5)nc(OC[C@@]45C[C@@H](F)CN4[C@@H]4CCC[C@@H]4C5)nc3c2F)c2c(I)cccc2c1. The molecule has 4 aliphatic heterocycles. The number of aromatic hydroxyl groups is 1. The molecule has 234 valence electrons. The first-order valence-electron chi connectivity index (χ1n) is 16.2. The van der Waals surface area contributed by atoms with Gasteiger partial charge in [0.25, 0.3) is 0 Å². The van der Waals surface area contributed by atoms with Crippen LogP contribution >= 0.6 is 22.6 Å². The van der Waals surface area contributed by atoms with E-state index in [9.17, 15) is 9.50 Å². The molecule has 0 amide bonds. The quantitative estimate of drug-likeness (QED) is 0.244. The summed E-state index contributed by atoms with van der Waals surface area (Å²) >= 11 is 2.23. The van der Waals surface area contributed by atoms with E-state index in [2.05, 4.69) is 42.7 Å². The van der Waals surface area contributed by atoms with Crippen LogP contribution in [0, 0.1) is 15.3 Å². The Labute approximate surface area is 273 Å². The van der Waals surface area contributed by atoms with Crippen LogP contribution in [0.2, 0.25) is 0 Å². The fraction of sp³-hybridized carbons (Fsp3) is 0.500. The molecule has 2 bridgehead atoms. The highest BCUT2D eigenvalue weighted by Crippen LogP contribution is 2.52. The summed E-state index contributed by atoms with van der Waals surface area (Å²) in [7, 11) is 0. The van der Waals surface area contributed by atoms with E-state index in [1.165, 1.54) is 12.8 Å². The zero-order chi connectivity index (χ0) is 30.4. The molecule has 6 heterocycles. The third-order valence-corrected chi connectivity index (χ3v) is 12.0. The third-order valence-electron chi connectivity index (χ3n) is 11.1. The Hall–Kier alpha value is -2.90. The minimum absolute atomic E-state index is 0.0392. The van der Waals surface area contributed by atoms with E-state index in [0.717, 1.165) is 53.1 Å². The minimum Gasteiger partial charge on any atom is -0.508 e. The van der Waals surface area contributed by atoms with Gasteiger partial charge in [-0.05, 0) is 84.2 Å². The van der Waals surface area contributed by atoms with Crippen molar-refractivity contribution in [2.75, 3.05) is 31.1 Å². The summed E-state index contributed by atoms with van der Waals surface area (Å²) in [5, 5.41) is 16.4. The molecule has 0 spiro atoms. The number of phenols is 1. The highest BCUT2D eigenvalue weighted by atomic mass is 127. The molecule has 4 aromatic rings. The normalized spacial score (nSPS) is 30.8. The van der Waals surface area contributed by atoms with Crippen LogP contribution in [0.1, 0.15) is 44.9 Å². The van der Waals surface area contributed by atoms with Gasteiger partial charge >= 0.3 is 6.01 Å². The molecule has 9 rings (SSSR count). The molecule has 11 heteroatoms. The number of fused-ring (bicyclic) bond motifs is 7. The van der Waals surface area contributed by atoms with Gasteiger partial charge in [-0.1, -0.05) is 18.6 Å². The number of pyridine rings is 1. The van der Waals surface area contributed by atoms with Crippen LogP contribution in [0.15, 0.2) is 36.5 Å². The molecular formula is C34H35F2IN6O2. The summed E-state index contributed by atoms with van der Waals surface area (Å²) in [4.78, 5) is 18.8. The Morgan fingerprint density at radius 1 is 1.07 bits per heavy atom. The lowest BCUT2D eigenvalue weighted by Gasteiger charge is -2.35. The van der Waals surface area contributed by atoms with Gasteiger partial charge in [0, 0.05) is 64.9 Å². The summed E-state index contributed by atoms with van der Waals surface area (Å²) in [5.74, 6) is 0.661. The van der Waals surface area contributed by atoms with Gasteiger partial charge in [-0.15, -0.1) is 0 Å². The van der Waals surface area contributed by atoms with Crippen LogP contribution in [0.25, 0.3) is 32.9 Å². The van der Waals surface area contributed by atoms with Crippen LogP contribution in [0.3, 0.4) is 0 Å². The summed E-state index contributed by atoms with van der Waals surface area (Å²) in [6.07, 6.45) is 7.86. The van der Waals surface area contributed by atoms with Gasteiger partial charge < -0.3 is 20.1 Å². The van der Waals surface area contributed by atoms with E-state index in [0.29, 0.717) is 53.8 Å². The fourth-order valence-corrected chi connectivity index (χ4v) is 10.1. The van der Waals surface area contributed by atoms with Crippen molar-refractivity contribution in [3.63, 3.8) is 0 Å². The number of phenolic OH excluding ortho intramolecular Hbond substituents is 1. The number of benzene rings is 2. The molecule has 1 saturated carbocycles. The van der Waals surface area contributed by atoms with E-state index in [1.807, 2.05) is 18.2 Å². The second kappa shape index (κ2) is 10.6. The standard InChI is InChI=1S/C34H35F2IN6O2/c35-20-12-34(11-19-4-2-6-27(19)43(34)14-20)17-45-33-40-31-25(32(41-33)42-15-21-7-8-22(16-42)39-21)13-38-30(29(31)36)24-10-23(44)9-18-3-1-5-26(37)28(18)24/h1,3,5,9-10,13,19-22,27,39,44H,2,4,6-8,11-12,14-17H2/t19-,20-,21?,22?,27-,34-/m1/s1. The molecule has 2 unspecified atom stereocenters. The van der Waals surface area contributed by atoms with Crippen LogP contribution < -0.4 is 15.0 Å². The van der Waals surface area contributed by atoms with Crippen molar-refractivity contribution in [2.45, 2.75) is 74.8 Å². The average molecular weight is 725 g/mol. The zero-order valence-corrected chi connectivity index (χ0v) is 27.0. The highest BCUT2D eigenvalue weighted by Gasteiger charge is 2.58. The number of nitrogens with one attached hydrogen (secondary N) is 1. The second-order valence-corrected chi connectivity index (χ2v) is 15.0. The monoisotopic (exact) mass is 724 g/mol. The van der Waals surface area contributed by atoms with Crippen LogP contribution in [0.5, 0.6) is 11.8 Å². The number of hydrogen-bond donors (Lipinski definition) is 2. The first-order chi connectivity index (χ1) is 21.8. The smallest absolute Gasteiger partial charge is 0.319 e. The van der Waals surface area contributed by atoms with Crippen molar-refractivity contribution in [2.24, 2.45) is 5.92 Å². The maximum absolute atomic E-state index is 16.8. The number of halogens is 3. The summed E-state index contributed by atoms with van der Waals surface area (Å²) < 4.78 is 39.1. The van der Waals surface area contributed by atoms with Crippen molar-refractivity contribution in [1.82, 2.24) is 25.2 Å². The molecule has 4 saturated heterocycles. The molecule has 2 aromatic heterocycles. The fourth-order valence-electron chi connectivity index (χ4n) is 9.28. The van der Waals surface area contributed by atoms with Crippen molar-refractivity contribution < 1.29 is 18.6 Å². The molecule has 5 fully saturated rings.